The van der Waals surface area contributed by atoms with E-state index in [4.69, 9.17) is 0 Å². The normalized spacial score (nSPS) is 17.6. The molecule has 1 saturated heterocycles. The van der Waals surface area contributed by atoms with Crippen LogP contribution in [0.15, 0.2) is 42.9 Å². The Morgan fingerprint density at radius 1 is 1.33 bits per heavy atom. The lowest BCUT2D eigenvalue weighted by molar-refractivity contribution is -0.122. The maximum absolute atomic E-state index is 13.7. The molecule has 0 saturated carbocycles. The van der Waals surface area contributed by atoms with Crippen molar-refractivity contribution in [1.82, 2.24) is 20.6 Å². The summed E-state index contributed by atoms with van der Waals surface area (Å²) < 4.78 is 27.4. The number of hydrogen-bond acceptors (Lipinski definition) is 5. The third-order valence-corrected chi connectivity index (χ3v) is 4.68. The number of halogens is 2. The number of nitrogens with one attached hydrogen (secondary N) is 2. The molecular formula is C19H23F2N5O. The van der Waals surface area contributed by atoms with Gasteiger partial charge in [0.1, 0.15) is 11.9 Å². The smallest absolute Gasteiger partial charge is 0.273 e. The molecule has 1 aromatic heterocycles. The number of carbonyl (C=O) groups excluding carboxylic acids is 1. The SMILES string of the molecule is CCC(F)(F)c1ccc(CNC(=O)C2CNCCN2c2cnccn2)cc1. The second kappa shape index (κ2) is 8.39. The summed E-state index contributed by atoms with van der Waals surface area (Å²) in [6, 6.07) is 5.68. The highest BCUT2D eigenvalue weighted by Crippen LogP contribution is 2.31. The van der Waals surface area contributed by atoms with Crippen LogP contribution in [0.25, 0.3) is 0 Å². The van der Waals surface area contributed by atoms with Crippen molar-refractivity contribution in [2.75, 3.05) is 24.5 Å². The Balaban J connectivity index is 1.62. The zero-order valence-electron chi connectivity index (χ0n) is 15.2. The van der Waals surface area contributed by atoms with Crippen LogP contribution in [0, 0.1) is 0 Å². The predicted octanol–water partition coefficient (Wildman–Crippen LogP) is 2.07. The van der Waals surface area contributed by atoms with Crippen molar-refractivity contribution in [2.24, 2.45) is 0 Å². The molecule has 1 amide bonds. The molecule has 2 heterocycles. The second-order valence-corrected chi connectivity index (χ2v) is 6.45. The first kappa shape index (κ1) is 19.2. The summed E-state index contributed by atoms with van der Waals surface area (Å²) in [5.41, 5.74) is 0.763. The van der Waals surface area contributed by atoms with Gasteiger partial charge in [-0.2, -0.15) is 0 Å². The molecular weight excluding hydrogens is 352 g/mol. The molecule has 1 aromatic carbocycles. The fraction of sp³-hybridized carbons (Fsp3) is 0.421. The molecule has 2 N–H and O–H groups in total. The molecule has 1 unspecified atom stereocenters. The average molecular weight is 375 g/mol. The van der Waals surface area contributed by atoms with Gasteiger partial charge in [-0.15, -0.1) is 0 Å². The number of amides is 1. The maximum Gasteiger partial charge on any atom is 0.273 e. The van der Waals surface area contributed by atoms with Gasteiger partial charge in [0.05, 0.1) is 6.20 Å². The topological polar surface area (TPSA) is 70.2 Å². The molecule has 1 atom stereocenters. The minimum Gasteiger partial charge on any atom is -0.350 e. The van der Waals surface area contributed by atoms with Crippen LogP contribution in [0.5, 0.6) is 0 Å². The molecule has 2 aromatic rings. The van der Waals surface area contributed by atoms with Crippen molar-refractivity contribution in [3.8, 4) is 0 Å². The minimum absolute atomic E-state index is 0.00890. The Kier molecular flexibility index (Phi) is 5.95. The summed E-state index contributed by atoms with van der Waals surface area (Å²) in [5, 5.41) is 6.09. The quantitative estimate of drug-likeness (QED) is 0.809. The van der Waals surface area contributed by atoms with Crippen molar-refractivity contribution in [3.63, 3.8) is 0 Å². The molecule has 6 nitrogen and oxygen atoms in total. The summed E-state index contributed by atoms with van der Waals surface area (Å²) in [5.74, 6) is -2.31. The highest BCUT2D eigenvalue weighted by Gasteiger charge is 2.30. The summed E-state index contributed by atoms with van der Waals surface area (Å²) >= 11 is 0. The van der Waals surface area contributed by atoms with Crippen LogP contribution in [-0.2, 0) is 17.3 Å². The van der Waals surface area contributed by atoms with Crippen LogP contribution in [0.3, 0.4) is 0 Å². The molecule has 0 radical (unpaired) electrons. The van der Waals surface area contributed by atoms with Crippen LogP contribution in [0.4, 0.5) is 14.6 Å². The molecule has 0 bridgehead atoms. The summed E-state index contributed by atoms with van der Waals surface area (Å²) in [7, 11) is 0. The molecule has 0 aliphatic carbocycles. The van der Waals surface area contributed by atoms with Gasteiger partial charge in [-0.25, -0.2) is 13.8 Å². The van der Waals surface area contributed by atoms with Gasteiger partial charge >= 0.3 is 0 Å². The van der Waals surface area contributed by atoms with E-state index in [1.165, 1.54) is 19.1 Å². The van der Waals surface area contributed by atoms with Crippen molar-refractivity contribution < 1.29 is 13.6 Å². The minimum atomic E-state index is -2.83. The van der Waals surface area contributed by atoms with E-state index in [9.17, 15) is 13.6 Å². The van der Waals surface area contributed by atoms with Gasteiger partial charge in [0.25, 0.3) is 5.92 Å². The average Bonchev–Trinajstić information content (AvgIpc) is 2.73. The molecule has 144 valence electrons. The van der Waals surface area contributed by atoms with E-state index >= 15 is 0 Å². The molecule has 3 rings (SSSR count). The predicted molar refractivity (Wildman–Crippen MR) is 98.5 cm³/mol. The Bertz CT molecular complexity index is 754. The molecule has 0 spiro atoms. The van der Waals surface area contributed by atoms with Crippen LogP contribution in [-0.4, -0.2) is 41.6 Å². The van der Waals surface area contributed by atoms with E-state index in [2.05, 4.69) is 20.6 Å². The molecule has 1 aliphatic rings. The molecule has 27 heavy (non-hydrogen) atoms. The number of rotatable bonds is 6. The molecule has 8 heteroatoms. The summed E-state index contributed by atoms with van der Waals surface area (Å²) in [4.78, 5) is 22.9. The summed E-state index contributed by atoms with van der Waals surface area (Å²) in [6.07, 6.45) is 4.58. The standard InChI is InChI=1S/C19H23F2N5O/c1-2-19(20,21)15-5-3-14(4-6-15)11-25-18(27)16-12-23-9-10-26(16)17-13-22-7-8-24-17/h3-8,13,16,23H,2,9-12H2,1H3,(H,25,27). The number of benzene rings is 1. The van der Waals surface area contributed by atoms with Gasteiger partial charge in [-0.05, 0) is 5.56 Å². The third kappa shape index (κ3) is 4.57. The van der Waals surface area contributed by atoms with Crippen LogP contribution in [0.1, 0.15) is 24.5 Å². The number of aromatic nitrogens is 2. The maximum atomic E-state index is 13.7. The summed E-state index contributed by atoms with van der Waals surface area (Å²) in [6.45, 7) is 3.64. The zero-order chi connectivity index (χ0) is 19.3. The van der Waals surface area contributed by atoms with Crippen molar-refractivity contribution in [1.29, 1.82) is 0 Å². The number of nitrogens with zero attached hydrogens (tertiary/aromatic N) is 3. The zero-order valence-corrected chi connectivity index (χ0v) is 15.2. The lowest BCUT2D eigenvalue weighted by atomic mass is 10.0. The first-order chi connectivity index (χ1) is 13.0. The lowest BCUT2D eigenvalue weighted by Gasteiger charge is -2.35. The van der Waals surface area contributed by atoms with Gasteiger partial charge in [0.2, 0.25) is 5.91 Å². The highest BCUT2D eigenvalue weighted by atomic mass is 19.3. The second-order valence-electron chi connectivity index (χ2n) is 6.45. The number of piperazine rings is 1. The molecule has 1 aliphatic heterocycles. The molecule has 1 fully saturated rings. The van der Waals surface area contributed by atoms with Gasteiger partial charge < -0.3 is 15.5 Å². The fourth-order valence-electron chi connectivity index (χ4n) is 3.03. The first-order valence-electron chi connectivity index (χ1n) is 8.99. The van der Waals surface area contributed by atoms with Crippen LogP contribution in [0.2, 0.25) is 0 Å². The Morgan fingerprint density at radius 2 is 2.11 bits per heavy atom. The Labute approximate surface area is 157 Å². The monoisotopic (exact) mass is 375 g/mol. The van der Waals surface area contributed by atoms with E-state index in [1.807, 2.05) is 4.90 Å². The number of anilines is 1. The van der Waals surface area contributed by atoms with Crippen LogP contribution >= 0.6 is 0 Å². The van der Waals surface area contributed by atoms with E-state index < -0.39 is 12.0 Å². The van der Waals surface area contributed by atoms with E-state index in [1.54, 1.807) is 30.7 Å². The van der Waals surface area contributed by atoms with Gasteiger partial charge in [-0.1, -0.05) is 31.2 Å². The fourth-order valence-corrected chi connectivity index (χ4v) is 3.03. The number of hydrogen-bond donors (Lipinski definition) is 2. The number of carbonyl (C=O) groups is 1. The first-order valence-corrected chi connectivity index (χ1v) is 8.99. The van der Waals surface area contributed by atoms with Crippen molar-refractivity contribution in [2.45, 2.75) is 31.9 Å². The van der Waals surface area contributed by atoms with Gasteiger partial charge in [-0.3, -0.25) is 9.78 Å². The Morgan fingerprint density at radius 3 is 2.78 bits per heavy atom. The Hall–Kier alpha value is -2.61. The van der Waals surface area contributed by atoms with Crippen molar-refractivity contribution >= 4 is 11.7 Å². The van der Waals surface area contributed by atoms with Crippen molar-refractivity contribution in [3.05, 3.63) is 54.0 Å². The highest BCUT2D eigenvalue weighted by molar-refractivity contribution is 5.85. The van der Waals surface area contributed by atoms with E-state index in [0.29, 0.717) is 18.9 Å². The third-order valence-electron chi connectivity index (χ3n) is 4.68. The van der Waals surface area contributed by atoms with Gasteiger partial charge in [0.15, 0.2) is 0 Å². The largest absolute Gasteiger partial charge is 0.350 e. The number of alkyl halides is 2. The van der Waals surface area contributed by atoms with E-state index in [-0.39, 0.29) is 24.4 Å². The lowest BCUT2D eigenvalue weighted by Crippen LogP contribution is -2.58. The van der Waals surface area contributed by atoms with Gasteiger partial charge in [0, 0.05) is 50.6 Å². The van der Waals surface area contributed by atoms with E-state index in [0.717, 1.165) is 12.1 Å². The van der Waals surface area contributed by atoms with Crippen LogP contribution < -0.4 is 15.5 Å².